The first-order valence-electron chi connectivity index (χ1n) is 11.6. The fourth-order valence-electron chi connectivity index (χ4n) is 5.27. The molecule has 0 fully saturated rings. The zero-order valence-corrected chi connectivity index (χ0v) is 19.2. The van der Waals surface area contributed by atoms with Crippen LogP contribution in [-0.2, 0) is 7.05 Å². The Morgan fingerprint density at radius 3 is 1.59 bits per heavy atom. The largest absolute Gasteiger partial charge is 0.213 e. The monoisotopic (exact) mass is 436 g/mol. The fourth-order valence-corrected chi connectivity index (χ4v) is 5.27. The summed E-state index contributed by atoms with van der Waals surface area (Å²) in [5, 5.41) is 9.47. The number of hydrogen-bond acceptors (Lipinski definition) is 1. The summed E-state index contributed by atoms with van der Waals surface area (Å²) in [7, 11) is 2.02. The van der Waals surface area contributed by atoms with Crippen molar-refractivity contribution >= 4 is 28.0 Å². The summed E-state index contributed by atoms with van der Waals surface area (Å²) in [6.07, 6.45) is 0.517. The van der Waals surface area contributed by atoms with Gasteiger partial charge in [0.2, 0.25) is 5.69 Å². The van der Waals surface area contributed by atoms with E-state index in [2.05, 4.69) is 126 Å². The van der Waals surface area contributed by atoms with Crippen molar-refractivity contribution < 1.29 is 4.57 Å². The summed E-state index contributed by atoms with van der Waals surface area (Å²) < 4.78 is 2.07. The molecule has 2 nitrogen and oxygen atoms in total. The molecule has 34 heavy (non-hydrogen) atoms. The molecule has 3 heteroatoms. The minimum atomic E-state index is -1.43. The van der Waals surface area contributed by atoms with Crippen LogP contribution in [0.4, 0.5) is 0 Å². The Bertz CT molecular complexity index is 1360. The van der Waals surface area contributed by atoms with Gasteiger partial charge in [-0.1, -0.05) is 109 Å². The number of hydrogen-bond donors (Lipinski definition) is 0. The second-order valence-electron chi connectivity index (χ2n) is 8.75. The molecule has 0 aliphatic heterocycles. The molecule has 5 rings (SSSR count). The maximum absolute atomic E-state index is 9.47. The van der Waals surface area contributed by atoms with Crippen LogP contribution in [0.25, 0.3) is 11.3 Å². The topological polar surface area (TPSA) is 27.7 Å². The van der Waals surface area contributed by atoms with Gasteiger partial charge in [0.1, 0.15) is 13.2 Å². The Kier molecular flexibility index (Phi) is 5.81. The van der Waals surface area contributed by atoms with Crippen LogP contribution in [0.2, 0.25) is 0 Å². The van der Waals surface area contributed by atoms with Gasteiger partial charge in [0.25, 0.3) is 0 Å². The van der Waals surface area contributed by atoms with Gasteiger partial charge < -0.3 is 0 Å². The second-order valence-corrected chi connectivity index (χ2v) is 8.75. The number of rotatable bonds is 5. The van der Waals surface area contributed by atoms with E-state index in [0.717, 1.165) is 11.3 Å². The Morgan fingerprint density at radius 1 is 0.588 bits per heavy atom. The van der Waals surface area contributed by atoms with E-state index < -0.39 is 6.15 Å². The van der Waals surface area contributed by atoms with Crippen LogP contribution in [0.3, 0.4) is 0 Å². The molecule has 4 aromatic carbocycles. The van der Waals surface area contributed by atoms with E-state index in [1.54, 1.807) is 0 Å². The van der Waals surface area contributed by atoms with Crippen molar-refractivity contribution in [3.8, 4) is 17.3 Å². The van der Waals surface area contributed by atoms with Crippen molar-refractivity contribution in [2.75, 3.05) is 0 Å². The SMILES string of the molecule is C[n+]1ccc(C#N)cc1-c1cccc([B-](c2ccccc2)(c2ccccc2)c2ccccc2)c1. The molecule has 0 saturated carbocycles. The van der Waals surface area contributed by atoms with Gasteiger partial charge >= 0.3 is 0 Å². The molecule has 1 heterocycles. The van der Waals surface area contributed by atoms with Crippen molar-refractivity contribution in [2.45, 2.75) is 0 Å². The van der Waals surface area contributed by atoms with Gasteiger partial charge in [0.05, 0.1) is 11.6 Å². The minimum Gasteiger partial charge on any atom is -0.201 e. The lowest BCUT2D eigenvalue weighted by molar-refractivity contribution is -0.660. The lowest BCUT2D eigenvalue weighted by atomic mass is 9.13. The van der Waals surface area contributed by atoms with Gasteiger partial charge in [-0.3, -0.25) is 0 Å². The maximum atomic E-state index is 9.47. The Hall–Kier alpha value is -4.42. The average molecular weight is 436 g/mol. The molecule has 0 aliphatic rings. The van der Waals surface area contributed by atoms with Crippen LogP contribution >= 0.6 is 0 Å². The van der Waals surface area contributed by atoms with Crippen molar-refractivity contribution in [1.29, 1.82) is 5.26 Å². The third-order valence-corrected chi connectivity index (χ3v) is 6.86. The standard InChI is InChI=1S/C31H25BN2/c1-34-21-20-25(24-33)22-31(34)26-12-11-19-30(23-26)32(27-13-5-2-6-14-27,28-15-7-3-8-16-28)29-17-9-4-10-18-29/h2-23H,1H3. The lowest BCUT2D eigenvalue weighted by Gasteiger charge is -2.44. The molecule has 0 aliphatic carbocycles. The van der Waals surface area contributed by atoms with Crippen molar-refractivity contribution in [1.82, 2.24) is 0 Å². The van der Waals surface area contributed by atoms with E-state index in [1.165, 1.54) is 21.9 Å². The normalized spacial score (nSPS) is 11.1. The molecule has 0 amide bonds. The van der Waals surface area contributed by atoms with E-state index in [4.69, 9.17) is 0 Å². The summed E-state index contributed by atoms with van der Waals surface area (Å²) in [6.45, 7) is 0. The highest BCUT2D eigenvalue weighted by atomic mass is 14.9. The average Bonchev–Trinajstić information content (AvgIpc) is 2.91. The molecular weight excluding hydrogens is 411 g/mol. The molecule has 0 N–H and O–H groups in total. The molecule has 1 aromatic heterocycles. The molecule has 0 spiro atoms. The predicted molar refractivity (Wildman–Crippen MR) is 141 cm³/mol. The zero-order chi connectivity index (χ0) is 23.4. The Balaban J connectivity index is 1.85. The number of benzene rings is 4. The van der Waals surface area contributed by atoms with Gasteiger partial charge in [-0.25, -0.2) is 4.57 Å². The predicted octanol–water partition coefficient (Wildman–Crippen LogP) is 3.43. The Labute approximate surface area is 201 Å². The second kappa shape index (κ2) is 9.21. The van der Waals surface area contributed by atoms with E-state index >= 15 is 0 Å². The van der Waals surface area contributed by atoms with Crippen LogP contribution in [-0.4, -0.2) is 6.15 Å². The molecular formula is C31H25BN2. The van der Waals surface area contributed by atoms with E-state index in [1.807, 2.05) is 25.4 Å². The molecule has 5 aromatic rings. The highest BCUT2D eigenvalue weighted by Gasteiger charge is 2.32. The first-order valence-corrected chi connectivity index (χ1v) is 11.6. The quantitative estimate of drug-likeness (QED) is 0.307. The smallest absolute Gasteiger partial charge is 0.201 e. The van der Waals surface area contributed by atoms with Gasteiger partial charge in [0.15, 0.2) is 6.20 Å². The number of aryl methyl sites for hydroxylation is 1. The molecule has 0 saturated heterocycles. The van der Waals surface area contributed by atoms with Crippen LogP contribution < -0.4 is 26.4 Å². The van der Waals surface area contributed by atoms with Crippen LogP contribution in [0.1, 0.15) is 5.56 Å². The van der Waals surface area contributed by atoms with Gasteiger partial charge in [-0.05, 0) is 6.07 Å². The maximum Gasteiger partial charge on any atom is 0.213 e. The number of aromatic nitrogens is 1. The molecule has 162 valence electrons. The highest BCUT2D eigenvalue weighted by molar-refractivity contribution is 7.19. The third kappa shape index (κ3) is 3.70. The van der Waals surface area contributed by atoms with Crippen molar-refractivity contribution in [2.24, 2.45) is 7.05 Å². The third-order valence-electron chi connectivity index (χ3n) is 6.86. The summed E-state index contributed by atoms with van der Waals surface area (Å²) in [5.74, 6) is 0. The first-order chi connectivity index (χ1) is 16.7. The van der Waals surface area contributed by atoms with Gasteiger partial charge in [0, 0.05) is 17.7 Å². The van der Waals surface area contributed by atoms with Crippen LogP contribution in [0.5, 0.6) is 0 Å². The van der Waals surface area contributed by atoms with Crippen molar-refractivity contribution in [3.05, 3.63) is 139 Å². The minimum absolute atomic E-state index is 0.657. The number of nitrogens with zero attached hydrogens (tertiary/aromatic N) is 2. The number of nitriles is 1. The summed E-state index contributed by atoms with van der Waals surface area (Å²) in [4.78, 5) is 0. The van der Waals surface area contributed by atoms with E-state index in [9.17, 15) is 5.26 Å². The summed E-state index contributed by atoms with van der Waals surface area (Å²) >= 11 is 0. The van der Waals surface area contributed by atoms with E-state index in [-0.39, 0.29) is 0 Å². The number of pyridine rings is 1. The van der Waals surface area contributed by atoms with Gasteiger partial charge in [-0.2, -0.15) is 27.1 Å². The van der Waals surface area contributed by atoms with E-state index in [0.29, 0.717) is 5.56 Å². The molecule has 0 radical (unpaired) electrons. The first kappa shape index (κ1) is 21.4. The summed E-state index contributed by atoms with van der Waals surface area (Å²) in [6, 6.07) is 47.3. The lowest BCUT2D eigenvalue weighted by Crippen LogP contribution is -2.74. The fraction of sp³-hybridized carbons (Fsp3) is 0.0323. The van der Waals surface area contributed by atoms with Gasteiger partial charge in [-0.15, -0.1) is 0 Å². The Morgan fingerprint density at radius 2 is 1.09 bits per heavy atom. The summed E-state index contributed by atoms with van der Waals surface area (Å²) in [5.41, 5.74) is 7.81. The molecule has 0 unspecified atom stereocenters. The van der Waals surface area contributed by atoms with Crippen LogP contribution in [0.15, 0.2) is 134 Å². The molecule has 0 bridgehead atoms. The van der Waals surface area contributed by atoms with Crippen molar-refractivity contribution in [3.63, 3.8) is 0 Å². The molecule has 0 atom stereocenters. The van der Waals surface area contributed by atoms with Crippen LogP contribution in [0, 0.1) is 11.3 Å². The highest BCUT2D eigenvalue weighted by Crippen LogP contribution is 2.18. The zero-order valence-electron chi connectivity index (χ0n) is 19.2.